The van der Waals surface area contributed by atoms with Crippen LogP contribution in [0.3, 0.4) is 0 Å². The third-order valence-electron chi connectivity index (χ3n) is 2.63. The maximum atomic E-state index is 13.6. The summed E-state index contributed by atoms with van der Waals surface area (Å²) in [6.45, 7) is 2.82. The lowest BCUT2D eigenvalue weighted by Gasteiger charge is -2.17. The van der Waals surface area contributed by atoms with Gasteiger partial charge >= 0.3 is 0 Å². The molecule has 102 valence electrons. The number of benzene rings is 1. The first-order valence-electron chi connectivity index (χ1n) is 5.66. The van der Waals surface area contributed by atoms with Gasteiger partial charge in [-0.05, 0) is 62.2 Å². The van der Waals surface area contributed by atoms with Crippen molar-refractivity contribution in [3.63, 3.8) is 0 Å². The largest absolute Gasteiger partial charge is 0.306 e. The van der Waals surface area contributed by atoms with E-state index in [0.717, 1.165) is 25.2 Å². The zero-order valence-electron chi connectivity index (χ0n) is 10.0. The van der Waals surface area contributed by atoms with Crippen molar-refractivity contribution in [2.45, 2.75) is 13.0 Å². The third kappa shape index (κ3) is 3.58. The van der Waals surface area contributed by atoms with Gasteiger partial charge in [-0.3, -0.25) is 0 Å². The van der Waals surface area contributed by atoms with E-state index in [1.165, 1.54) is 6.07 Å². The molecular formula is C13H11Br2ClFNS. The highest BCUT2D eigenvalue weighted by molar-refractivity contribution is 9.13. The minimum absolute atomic E-state index is 0.0376. The van der Waals surface area contributed by atoms with E-state index in [1.807, 2.05) is 19.1 Å². The van der Waals surface area contributed by atoms with Crippen LogP contribution in [0.25, 0.3) is 0 Å². The first kappa shape index (κ1) is 15.4. The van der Waals surface area contributed by atoms with Gasteiger partial charge in [0.25, 0.3) is 0 Å². The molecule has 19 heavy (non-hydrogen) atoms. The van der Waals surface area contributed by atoms with Crippen molar-refractivity contribution in [1.82, 2.24) is 5.32 Å². The van der Waals surface area contributed by atoms with E-state index in [0.29, 0.717) is 0 Å². The molecule has 1 atom stereocenters. The Kier molecular flexibility index (Phi) is 5.43. The molecule has 0 amide bonds. The Morgan fingerprint density at radius 3 is 2.63 bits per heavy atom. The fourth-order valence-electron chi connectivity index (χ4n) is 1.78. The summed E-state index contributed by atoms with van der Waals surface area (Å²) >= 11 is 14.3. The van der Waals surface area contributed by atoms with Gasteiger partial charge in [0.1, 0.15) is 5.82 Å². The number of hydrogen-bond acceptors (Lipinski definition) is 2. The minimum Gasteiger partial charge on any atom is -0.306 e. The average molecular weight is 428 g/mol. The molecular weight excluding hydrogens is 416 g/mol. The normalized spacial score (nSPS) is 12.7. The quantitative estimate of drug-likeness (QED) is 0.654. The lowest BCUT2D eigenvalue weighted by Crippen LogP contribution is -2.21. The molecule has 0 aliphatic rings. The van der Waals surface area contributed by atoms with Crippen LogP contribution in [-0.4, -0.2) is 6.54 Å². The van der Waals surface area contributed by atoms with Gasteiger partial charge in [0.2, 0.25) is 0 Å². The maximum absolute atomic E-state index is 13.6. The van der Waals surface area contributed by atoms with E-state index in [4.69, 9.17) is 11.6 Å². The first-order chi connectivity index (χ1) is 9.02. The Bertz CT molecular complexity index is 569. The summed E-state index contributed by atoms with van der Waals surface area (Å²) in [5.74, 6) is -0.392. The van der Waals surface area contributed by atoms with Crippen LogP contribution in [0.15, 0.2) is 32.5 Å². The van der Waals surface area contributed by atoms with Gasteiger partial charge in [-0.2, -0.15) is 0 Å². The summed E-state index contributed by atoms with van der Waals surface area (Å²) in [5.41, 5.74) is 0.866. The summed E-state index contributed by atoms with van der Waals surface area (Å²) in [6.07, 6.45) is 0. The van der Waals surface area contributed by atoms with Crippen LogP contribution in [0.2, 0.25) is 5.02 Å². The van der Waals surface area contributed by atoms with E-state index >= 15 is 0 Å². The van der Waals surface area contributed by atoms with Gasteiger partial charge in [0, 0.05) is 9.35 Å². The Morgan fingerprint density at radius 2 is 2.11 bits per heavy atom. The van der Waals surface area contributed by atoms with Crippen LogP contribution in [0.1, 0.15) is 23.4 Å². The Labute approximate surface area is 137 Å². The predicted octanol–water partition coefficient (Wildman–Crippen LogP) is 5.76. The van der Waals surface area contributed by atoms with Crippen molar-refractivity contribution >= 4 is 54.8 Å². The predicted molar refractivity (Wildman–Crippen MR) is 86.6 cm³/mol. The van der Waals surface area contributed by atoms with Crippen molar-refractivity contribution < 1.29 is 4.39 Å². The monoisotopic (exact) mass is 425 g/mol. The van der Waals surface area contributed by atoms with Gasteiger partial charge in [-0.25, -0.2) is 4.39 Å². The molecule has 0 aliphatic carbocycles. The molecule has 1 aromatic carbocycles. The van der Waals surface area contributed by atoms with Crippen molar-refractivity contribution in [3.05, 3.63) is 53.8 Å². The molecule has 0 saturated heterocycles. The fraction of sp³-hybridized carbons (Fsp3) is 0.231. The van der Waals surface area contributed by atoms with Gasteiger partial charge < -0.3 is 5.32 Å². The van der Waals surface area contributed by atoms with Crippen LogP contribution < -0.4 is 5.32 Å². The molecule has 6 heteroatoms. The second-order valence-electron chi connectivity index (χ2n) is 3.93. The number of nitrogens with one attached hydrogen (secondary N) is 1. The average Bonchev–Trinajstić information content (AvgIpc) is 2.70. The fourth-order valence-corrected chi connectivity index (χ4v) is 4.10. The summed E-state index contributed by atoms with van der Waals surface area (Å²) in [6, 6.07) is 6.92. The highest BCUT2D eigenvalue weighted by Crippen LogP contribution is 2.38. The molecule has 0 saturated carbocycles. The lowest BCUT2D eigenvalue weighted by molar-refractivity contribution is 0.607. The zero-order chi connectivity index (χ0) is 14.0. The standard InChI is InChI=1S/C13H11Br2ClFNS/c1-2-18-12(11-6-8(14)13(15)19-11)7-3-4-9(16)10(17)5-7/h3-6,12,18H,2H2,1H3. The molecule has 0 radical (unpaired) electrons. The van der Waals surface area contributed by atoms with Crippen LogP contribution in [0, 0.1) is 5.82 Å². The van der Waals surface area contributed by atoms with Crippen molar-refractivity contribution in [2.24, 2.45) is 0 Å². The van der Waals surface area contributed by atoms with E-state index in [2.05, 4.69) is 37.2 Å². The van der Waals surface area contributed by atoms with Crippen LogP contribution in [0.4, 0.5) is 4.39 Å². The van der Waals surface area contributed by atoms with E-state index in [9.17, 15) is 4.39 Å². The third-order valence-corrected chi connectivity index (χ3v) is 6.26. The molecule has 1 heterocycles. The van der Waals surface area contributed by atoms with Crippen molar-refractivity contribution in [3.8, 4) is 0 Å². The molecule has 1 unspecified atom stereocenters. The second-order valence-corrected chi connectivity index (χ2v) is 7.60. The molecule has 0 fully saturated rings. The molecule has 1 nitrogen and oxygen atoms in total. The summed E-state index contributed by atoms with van der Waals surface area (Å²) in [7, 11) is 0. The second kappa shape index (κ2) is 6.68. The smallest absolute Gasteiger partial charge is 0.142 e. The molecule has 2 rings (SSSR count). The van der Waals surface area contributed by atoms with Gasteiger partial charge in [-0.15, -0.1) is 11.3 Å². The topological polar surface area (TPSA) is 12.0 Å². The van der Waals surface area contributed by atoms with Crippen molar-refractivity contribution in [2.75, 3.05) is 6.54 Å². The SMILES string of the molecule is CCNC(c1ccc(Cl)c(F)c1)c1cc(Br)c(Br)s1. The minimum atomic E-state index is -0.392. The Morgan fingerprint density at radius 1 is 1.37 bits per heavy atom. The Hall–Kier alpha value is 0.0600. The maximum Gasteiger partial charge on any atom is 0.142 e. The number of rotatable bonds is 4. The zero-order valence-corrected chi connectivity index (χ0v) is 14.8. The molecule has 0 bridgehead atoms. The van der Waals surface area contributed by atoms with Crippen LogP contribution in [0.5, 0.6) is 0 Å². The van der Waals surface area contributed by atoms with E-state index in [-0.39, 0.29) is 11.1 Å². The highest BCUT2D eigenvalue weighted by atomic mass is 79.9. The molecule has 1 aromatic heterocycles. The number of thiophene rings is 1. The van der Waals surface area contributed by atoms with Gasteiger partial charge in [0.15, 0.2) is 0 Å². The lowest BCUT2D eigenvalue weighted by atomic mass is 10.1. The summed E-state index contributed by atoms with van der Waals surface area (Å²) in [4.78, 5) is 1.11. The first-order valence-corrected chi connectivity index (χ1v) is 8.44. The molecule has 0 aliphatic heterocycles. The van der Waals surface area contributed by atoms with Gasteiger partial charge in [0.05, 0.1) is 14.9 Å². The number of hydrogen-bond donors (Lipinski definition) is 1. The van der Waals surface area contributed by atoms with Crippen molar-refractivity contribution in [1.29, 1.82) is 0 Å². The van der Waals surface area contributed by atoms with E-state index in [1.54, 1.807) is 17.4 Å². The summed E-state index contributed by atoms with van der Waals surface area (Å²) < 4.78 is 15.6. The number of halogens is 4. The van der Waals surface area contributed by atoms with Crippen LogP contribution >= 0.6 is 54.8 Å². The Balaban J connectivity index is 2.41. The molecule has 1 N–H and O–H groups in total. The molecule has 0 spiro atoms. The highest BCUT2D eigenvalue weighted by Gasteiger charge is 2.18. The van der Waals surface area contributed by atoms with Crippen LogP contribution in [-0.2, 0) is 0 Å². The summed E-state index contributed by atoms with van der Waals surface area (Å²) in [5, 5.41) is 3.51. The van der Waals surface area contributed by atoms with Gasteiger partial charge in [-0.1, -0.05) is 24.6 Å². The molecule has 2 aromatic rings. The van der Waals surface area contributed by atoms with E-state index < -0.39 is 5.82 Å².